The van der Waals surface area contributed by atoms with E-state index in [2.05, 4.69) is 39.0 Å². The number of aryl methyl sites for hydroxylation is 1. The van der Waals surface area contributed by atoms with Crippen molar-refractivity contribution in [1.82, 2.24) is 0 Å². The molecule has 0 unspecified atom stereocenters. The third-order valence-electron chi connectivity index (χ3n) is 2.38. The van der Waals surface area contributed by atoms with E-state index in [9.17, 15) is 0 Å². The van der Waals surface area contributed by atoms with E-state index in [0.717, 1.165) is 6.42 Å². The molecule has 0 bridgehead atoms. The molecule has 1 aromatic rings. The van der Waals surface area contributed by atoms with Crippen LogP contribution in [0.2, 0.25) is 0 Å². The largest absolute Gasteiger partial charge is 0.392 e. The van der Waals surface area contributed by atoms with E-state index < -0.39 is 0 Å². The van der Waals surface area contributed by atoms with E-state index in [1.54, 1.807) is 6.08 Å². The molecule has 1 heteroatoms. The molecule has 0 aliphatic rings. The third-order valence-corrected chi connectivity index (χ3v) is 2.38. The van der Waals surface area contributed by atoms with Crippen LogP contribution < -0.4 is 0 Å². The Morgan fingerprint density at radius 1 is 1.33 bits per heavy atom. The van der Waals surface area contributed by atoms with Gasteiger partial charge < -0.3 is 5.11 Å². The summed E-state index contributed by atoms with van der Waals surface area (Å²) in [5, 5.41) is 8.71. The molecule has 0 aliphatic carbocycles. The molecule has 0 aromatic heterocycles. The van der Waals surface area contributed by atoms with Crippen molar-refractivity contribution < 1.29 is 5.11 Å². The Hall–Kier alpha value is -1.08. The Balaban J connectivity index is 2.83. The first-order valence-electron chi connectivity index (χ1n) is 5.50. The number of hydrogen-bond donors (Lipinski definition) is 1. The van der Waals surface area contributed by atoms with Crippen molar-refractivity contribution in [2.45, 2.75) is 27.2 Å². The minimum absolute atomic E-state index is 0.104. The maximum absolute atomic E-state index is 8.71. The highest BCUT2D eigenvalue weighted by Gasteiger charge is 2.00. The second-order valence-electron chi connectivity index (χ2n) is 4.37. The van der Waals surface area contributed by atoms with E-state index in [0.29, 0.717) is 5.92 Å². The molecule has 0 atom stereocenters. The summed E-state index contributed by atoms with van der Waals surface area (Å²) >= 11 is 0. The lowest BCUT2D eigenvalue weighted by atomic mass is 9.98. The van der Waals surface area contributed by atoms with Crippen LogP contribution in [0.5, 0.6) is 0 Å². The Labute approximate surface area is 92.5 Å². The van der Waals surface area contributed by atoms with E-state index in [1.807, 2.05) is 6.08 Å². The van der Waals surface area contributed by atoms with Gasteiger partial charge in [0.15, 0.2) is 0 Å². The first kappa shape index (κ1) is 12.0. The zero-order valence-electron chi connectivity index (χ0n) is 9.83. The van der Waals surface area contributed by atoms with Crippen LogP contribution in [0.25, 0.3) is 6.08 Å². The van der Waals surface area contributed by atoms with Crippen LogP contribution in [0.3, 0.4) is 0 Å². The summed E-state index contributed by atoms with van der Waals surface area (Å²) in [4.78, 5) is 0. The van der Waals surface area contributed by atoms with Gasteiger partial charge >= 0.3 is 0 Å². The number of benzene rings is 1. The molecule has 0 heterocycles. The van der Waals surface area contributed by atoms with Crippen LogP contribution in [0, 0.1) is 12.8 Å². The zero-order chi connectivity index (χ0) is 11.3. The van der Waals surface area contributed by atoms with Crippen molar-refractivity contribution in [3.63, 3.8) is 0 Å². The predicted octanol–water partition coefficient (Wildman–Crippen LogP) is 3.20. The maximum atomic E-state index is 8.71. The molecule has 1 nitrogen and oxygen atoms in total. The highest BCUT2D eigenvalue weighted by molar-refractivity contribution is 5.54. The van der Waals surface area contributed by atoms with Crippen molar-refractivity contribution in [3.05, 3.63) is 41.0 Å². The normalized spacial score (nSPS) is 11.5. The average Bonchev–Trinajstić information content (AvgIpc) is 2.15. The lowest BCUT2D eigenvalue weighted by Gasteiger charge is -2.07. The van der Waals surface area contributed by atoms with Crippen molar-refractivity contribution in [2.75, 3.05) is 6.61 Å². The molecule has 1 rings (SSSR count). The molecule has 82 valence electrons. The first-order valence-corrected chi connectivity index (χ1v) is 5.50. The number of hydrogen-bond acceptors (Lipinski definition) is 1. The SMILES string of the molecule is Cc1cc(CC(C)C)ccc1/C=C/CO. The fourth-order valence-electron chi connectivity index (χ4n) is 1.70. The van der Waals surface area contributed by atoms with Gasteiger partial charge in [-0.1, -0.05) is 44.2 Å². The monoisotopic (exact) mass is 204 g/mol. The van der Waals surface area contributed by atoms with E-state index >= 15 is 0 Å². The fraction of sp³-hybridized carbons (Fsp3) is 0.429. The lowest BCUT2D eigenvalue weighted by Crippen LogP contribution is -1.95. The Morgan fingerprint density at radius 2 is 2.07 bits per heavy atom. The highest BCUT2D eigenvalue weighted by atomic mass is 16.2. The summed E-state index contributed by atoms with van der Waals surface area (Å²) in [5.41, 5.74) is 3.86. The zero-order valence-corrected chi connectivity index (χ0v) is 9.83. The smallest absolute Gasteiger partial charge is 0.0615 e. The minimum atomic E-state index is 0.104. The Bertz CT molecular complexity index is 337. The average molecular weight is 204 g/mol. The second-order valence-corrected chi connectivity index (χ2v) is 4.37. The topological polar surface area (TPSA) is 20.2 Å². The number of rotatable bonds is 4. The third kappa shape index (κ3) is 3.88. The van der Waals surface area contributed by atoms with Crippen LogP contribution >= 0.6 is 0 Å². The summed E-state index contributed by atoms with van der Waals surface area (Å²) in [6, 6.07) is 6.53. The molecule has 15 heavy (non-hydrogen) atoms. The summed E-state index contributed by atoms with van der Waals surface area (Å²) in [6.45, 7) is 6.68. The number of aliphatic hydroxyl groups excluding tert-OH is 1. The van der Waals surface area contributed by atoms with Crippen molar-refractivity contribution in [1.29, 1.82) is 0 Å². The second kappa shape index (κ2) is 5.72. The van der Waals surface area contributed by atoms with Crippen LogP contribution in [0.1, 0.15) is 30.5 Å². The molecule has 0 spiro atoms. The standard InChI is InChI=1S/C14H20O/c1-11(2)9-13-6-7-14(5-4-8-15)12(3)10-13/h4-7,10-11,15H,8-9H2,1-3H3/b5-4+. The summed E-state index contributed by atoms with van der Waals surface area (Å²) in [7, 11) is 0. The van der Waals surface area contributed by atoms with E-state index in [1.165, 1.54) is 16.7 Å². The summed E-state index contributed by atoms with van der Waals surface area (Å²) < 4.78 is 0. The molecule has 0 saturated heterocycles. The van der Waals surface area contributed by atoms with Gasteiger partial charge in [-0.3, -0.25) is 0 Å². The van der Waals surface area contributed by atoms with Gasteiger partial charge in [0.2, 0.25) is 0 Å². The Morgan fingerprint density at radius 3 is 2.60 bits per heavy atom. The van der Waals surface area contributed by atoms with Crippen LogP contribution in [0.15, 0.2) is 24.3 Å². The quantitative estimate of drug-likeness (QED) is 0.798. The maximum Gasteiger partial charge on any atom is 0.0615 e. The molecule has 0 amide bonds. The van der Waals surface area contributed by atoms with Gasteiger partial charge in [0, 0.05) is 0 Å². The van der Waals surface area contributed by atoms with Gasteiger partial charge in [-0.05, 0) is 36.0 Å². The summed E-state index contributed by atoms with van der Waals surface area (Å²) in [6.07, 6.45) is 4.86. The lowest BCUT2D eigenvalue weighted by molar-refractivity contribution is 0.343. The molecule has 1 aromatic carbocycles. The van der Waals surface area contributed by atoms with Crippen LogP contribution in [0.4, 0.5) is 0 Å². The summed E-state index contributed by atoms with van der Waals surface area (Å²) in [5.74, 6) is 0.697. The Kier molecular flexibility index (Phi) is 4.57. The van der Waals surface area contributed by atoms with E-state index in [4.69, 9.17) is 5.11 Å². The van der Waals surface area contributed by atoms with Gasteiger partial charge in [0.25, 0.3) is 0 Å². The van der Waals surface area contributed by atoms with Crippen LogP contribution in [-0.2, 0) is 6.42 Å². The van der Waals surface area contributed by atoms with Gasteiger partial charge in [0.05, 0.1) is 6.61 Å². The first-order chi connectivity index (χ1) is 7.13. The van der Waals surface area contributed by atoms with Gasteiger partial charge in [-0.15, -0.1) is 0 Å². The molecular weight excluding hydrogens is 184 g/mol. The van der Waals surface area contributed by atoms with Crippen molar-refractivity contribution in [3.8, 4) is 0 Å². The molecule has 1 N–H and O–H groups in total. The van der Waals surface area contributed by atoms with Crippen molar-refractivity contribution >= 4 is 6.08 Å². The van der Waals surface area contributed by atoms with Gasteiger partial charge in [-0.25, -0.2) is 0 Å². The molecule has 0 fully saturated rings. The van der Waals surface area contributed by atoms with Gasteiger partial charge in [-0.2, -0.15) is 0 Å². The van der Waals surface area contributed by atoms with Crippen molar-refractivity contribution in [2.24, 2.45) is 5.92 Å². The predicted molar refractivity (Wildman–Crippen MR) is 65.8 cm³/mol. The van der Waals surface area contributed by atoms with Crippen LogP contribution in [-0.4, -0.2) is 11.7 Å². The molecule has 0 radical (unpaired) electrons. The highest BCUT2D eigenvalue weighted by Crippen LogP contribution is 2.15. The van der Waals surface area contributed by atoms with E-state index in [-0.39, 0.29) is 6.61 Å². The molecular formula is C14H20O. The minimum Gasteiger partial charge on any atom is -0.392 e. The molecule has 0 aliphatic heterocycles. The van der Waals surface area contributed by atoms with Gasteiger partial charge in [0.1, 0.15) is 0 Å². The number of aliphatic hydroxyl groups is 1. The molecule has 0 saturated carbocycles. The fourth-order valence-corrected chi connectivity index (χ4v) is 1.70.